The topological polar surface area (TPSA) is 43.4 Å². The Morgan fingerprint density at radius 2 is 1.94 bits per heavy atom. The Morgan fingerprint density at radius 3 is 2.53 bits per heavy atom. The van der Waals surface area contributed by atoms with E-state index in [0.717, 1.165) is 11.1 Å². The molecule has 0 N–H and O–H groups in total. The summed E-state index contributed by atoms with van der Waals surface area (Å²) in [6, 6.07) is 5.95. The minimum atomic E-state index is -0.442. The van der Waals surface area contributed by atoms with Crippen molar-refractivity contribution in [3.8, 4) is 0 Å². The summed E-state index contributed by atoms with van der Waals surface area (Å²) >= 11 is 0. The second-order valence-electron chi connectivity index (χ2n) is 4.13. The Bertz CT molecular complexity index is 421. The molecule has 0 saturated carbocycles. The third-order valence-corrected chi connectivity index (χ3v) is 2.53. The molecule has 0 aliphatic heterocycles. The molecule has 0 aliphatic rings. The molecule has 0 spiro atoms. The van der Waals surface area contributed by atoms with Gasteiger partial charge in [0.1, 0.15) is 12.2 Å². The van der Waals surface area contributed by atoms with Crippen LogP contribution in [0.4, 0.5) is 0 Å². The summed E-state index contributed by atoms with van der Waals surface area (Å²) in [7, 11) is 0. The molecule has 3 nitrogen and oxygen atoms in total. The van der Waals surface area contributed by atoms with Gasteiger partial charge in [-0.15, -0.1) is 0 Å². The zero-order valence-corrected chi connectivity index (χ0v) is 10.6. The first kappa shape index (κ1) is 13.4. The Kier molecular flexibility index (Phi) is 4.88. The molecule has 0 amide bonds. The van der Waals surface area contributed by atoms with Crippen LogP contribution in [0.1, 0.15) is 30.0 Å². The normalized spacial score (nSPS) is 10.1. The second kappa shape index (κ2) is 6.18. The average Bonchev–Trinajstić information content (AvgIpc) is 2.22. The minimum absolute atomic E-state index is 0.101. The first-order valence-corrected chi connectivity index (χ1v) is 5.76. The summed E-state index contributed by atoms with van der Waals surface area (Å²) in [5.74, 6) is -0.544. The number of ketones is 1. The summed E-state index contributed by atoms with van der Waals surface area (Å²) in [5, 5.41) is 0. The summed E-state index contributed by atoms with van der Waals surface area (Å²) in [5.41, 5.74) is 3.23. The Balaban J connectivity index is 2.59. The highest BCUT2D eigenvalue weighted by atomic mass is 16.5. The molecule has 1 aromatic rings. The smallest absolute Gasteiger partial charge is 0.313 e. The van der Waals surface area contributed by atoms with Gasteiger partial charge >= 0.3 is 5.97 Å². The van der Waals surface area contributed by atoms with Gasteiger partial charge in [-0.2, -0.15) is 0 Å². The van der Waals surface area contributed by atoms with E-state index in [4.69, 9.17) is 4.74 Å². The molecule has 92 valence electrons. The molecular weight excluding hydrogens is 216 g/mol. The summed E-state index contributed by atoms with van der Waals surface area (Å²) in [6.45, 7) is 6.03. The monoisotopic (exact) mass is 234 g/mol. The number of ether oxygens (including phenoxy) is 1. The van der Waals surface area contributed by atoms with E-state index in [1.807, 2.05) is 32.0 Å². The number of aryl methyl sites for hydroxylation is 2. The first-order valence-electron chi connectivity index (χ1n) is 5.76. The molecule has 0 fully saturated rings. The quantitative estimate of drug-likeness (QED) is 0.580. The van der Waals surface area contributed by atoms with Crippen molar-refractivity contribution in [1.82, 2.24) is 0 Å². The Hall–Kier alpha value is -1.64. The van der Waals surface area contributed by atoms with Gasteiger partial charge in [0.2, 0.25) is 0 Å². The lowest BCUT2D eigenvalue weighted by Gasteiger charge is -2.06. The summed E-state index contributed by atoms with van der Waals surface area (Å²) in [4.78, 5) is 22.8. The number of hydrogen-bond acceptors (Lipinski definition) is 3. The van der Waals surface area contributed by atoms with Crippen LogP contribution in [-0.2, 0) is 20.7 Å². The zero-order chi connectivity index (χ0) is 12.8. The van der Waals surface area contributed by atoms with Crippen LogP contribution in [0.3, 0.4) is 0 Å². The van der Waals surface area contributed by atoms with E-state index in [2.05, 4.69) is 0 Å². The van der Waals surface area contributed by atoms with Crippen LogP contribution in [0.15, 0.2) is 18.2 Å². The van der Waals surface area contributed by atoms with E-state index in [0.29, 0.717) is 13.0 Å². The van der Waals surface area contributed by atoms with Crippen LogP contribution in [0.5, 0.6) is 0 Å². The van der Waals surface area contributed by atoms with E-state index >= 15 is 0 Å². The van der Waals surface area contributed by atoms with Gasteiger partial charge in [0.05, 0.1) is 6.61 Å². The van der Waals surface area contributed by atoms with Gasteiger partial charge in [-0.05, 0) is 31.9 Å². The number of carbonyl (C=O) groups excluding carboxylic acids is 2. The molecule has 0 heterocycles. The van der Waals surface area contributed by atoms with Crippen molar-refractivity contribution in [3.05, 3.63) is 34.9 Å². The van der Waals surface area contributed by atoms with Crippen LogP contribution in [-0.4, -0.2) is 18.4 Å². The maximum atomic E-state index is 11.6. The van der Waals surface area contributed by atoms with Crippen LogP contribution < -0.4 is 0 Å². The number of esters is 1. The van der Waals surface area contributed by atoms with Crippen molar-refractivity contribution in [2.24, 2.45) is 0 Å². The maximum absolute atomic E-state index is 11.6. The van der Waals surface area contributed by atoms with Gasteiger partial charge in [0.25, 0.3) is 0 Å². The molecule has 0 aromatic heterocycles. The van der Waals surface area contributed by atoms with Gasteiger partial charge in [0.15, 0.2) is 0 Å². The van der Waals surface area contributed by atoms with Crippen molar-refractivity contribution < 1.29 is 14.3 Å². The van der Waals surface area contributed by atoms with E-state index in [9.17, 15) is 9.59 Å². The SMILES string of the molecule is CCOC(=O)CC(=O)Cc1ccc(C)cc1C. The predicted octanol–water partition coefficient (Wildman–Crippen LogP) is 2.37. The summed E-state index contributed by atoms with van der Waals surface area (Å²) < 4.78 is 4.74. The van der Waals surface area contributed by atoms with E-state index < -0.39 is 5.97 Å². The highest BCUT2D eigenvalue weighted by Gasteiger charge is 2.12. The molecule has 1 rings (SSSR count). The number of carbonyl (C=O) groups is 2. The fourth-order valence-electron chi connectivity index (χ4n) is 1.69. The first-order chi connectivity index (χ1) is 8.02. The molecule has 3 heteroatoms. The van der Waals surface area contributed by atoms with Crippen molar-refractivity contribution in [3.63, 3.8) is 0 Å². The number of rotatable bonds is 5. The van der Waals surface area contributed by atoms with Gasteiger partial charge in [-0.1, -0.05) is 23.8 Å². The fourth-order valence-corrected chi connectivity index (χ4v) is 1.69. The molecule has 0 bridgehead atoms. The number of benzene rings is 1. The van der Waals surface area contributed by atoms with Crippen LogP contribution in [0.25, 0.3) is 0 Å². The predicted molar refractivity (Wildman–Crippen MR) is 65.9 cm³/mol. The van der Waals surface area contributed by atoms with E-state index in [1.54, 1.807) is 6.92 Å². The molecule has 1 aromatic carbocycles. The lowest BCUT2D eigenvalue weighted by Crippen LogP contribution is -2.13. The zero-order valence-electron chi connectivity index (χ0n) is 10.6. The third-order valence-electron chi connectivity index (χ3n) is 2.53. The molecular formula is C14H18O3. The fraction of sp³-hybridized carbons (Fsp3) is 0.429. The Morgan fingerprint density at radius 1 is 1.24 bits per heavy atom. The molecule has 17 heavy (non-hydrogen) atoms. The van der Waals surface area contributed by atoms with Gasteiger partial charge in [-0.25, -0.2) is 0 Å². The van der Waals surface area contributed by atoms with Crippen molar-refractivity contribution >= 4 is 11.8 Å². The lowest BCUT2D eigenvalue weighted by molar-refractivity contribution is -0.145. The van der Waals surface area contributed by atoms with Gasteiger partial charge < -0.3 is 4.74 Å². The van der Waals surface area contributed by atoms with E-state index in [-0.39, 0.29) is 12.2 Å². The van der Waals surface area contributed by atoms with Gasteiger partial charge in [0, 0.05) is 6.42 Å². The number of Topliss-reactive ketones (excluding diaryl/α,β-unsaturated/α-hetero) is 1. The highest BCUT2D eigenvalue weighted by Crippen LogP contribution is 2.12. The summed E-state index contributed by atoms with van der Waals surface area (Å²) in [6.07, 6.45) is 0.159. The standard InChI is InChI=1S/C14H18O3/c1-4-17-14(16)9-13(15)8-12-6-5-10(2)7-11(12)3/h5-7H,4,8-9H2,1-3H3. The molecule has 0 atom stereocenters. The second-order valence-corrected chi connectivity index (χ2v) is 4.13. The van der Waals surface area contributed by atoms with Crippen molar-refractivity contribution in [2.75, 3.05) is 6.61 Å². The lowest BCUT2D eigenvalue weighted by atomic mass is 10.0. The van der Waals surface area contributed by atoms with Crippen molar-refractivity contribution in [1.29, 1.82) is 0 Å². The number of hydrogen-bond donors (Lipinski definition) is 0. The maximum Gasteiger partial charge on any atom is 0.313 e. The average molecular weight is 234 g/mol. The van der Waals surface area contributed by atoms with Crippen LogP contribution in [0, 0.1) is 13.8 Å². The van der Waals surface area contributed by atoms with Crippen molar-refractivity contribution in [2.45, 2.75) is 33.6 Å². The highest BCUT2D eigenvalue weighted by molar-refractivity contribution is 5.96. The molecule has 0 unspecified atom stereocenters. The van der Waals surface area contributed by atoms with E-state index in [1.165, 1.54) is 5.56 Å². The molecule has 0 radical (unpaired) electrons. The van der Waals surface area contributed by atoms with Gasteiger partial charge in [-0.3, -0.25) is 9.59 Å². The third kappa shape index (κ3) is 4.39. The van der Waals surface area contributed by atoms with Crippen LogP contribution >= 0.6 is 0 Å². The largest absolute Gasteiger partial charge is 0.466 e. The minimum Gasteiger partial charge on any atom is -0.466 e. The molecule has 0 aliphatic carbocycles. The Labute approximate surface area is 102 Å². The molecule has 0 saturated heterocycles. The van der Waals surface area contributed by atoms with Crippen LogP contribution in [0.2, 0.25) is 0 Å².